The largest absolute Gasteiger partial charge is 0.416 e. The van der Waals surface area contributed by atoms with Crippen LogP contribution in [0.3, 0.4) is 0 Å². The van der Waals surface area contributed by atoms with Gasteiger partial charge in [-0.3, -0.25) is 4.79 Å². The minimum Gasteiger partial charge on any atom is -0.385 e. The first-order valence-electron chi connectivity index (χ1n) is 12.4. The number of ketones is 1. The summed E-state index contributed by atoms with van der Waals surface area (Å²) in [5.74, 6) is -0.512. The van der Waals surface area contributed by atoms with Crippen LogP contribution in [0.2, 0.25) is 0 Å². The number of anilines is 1. The van der Waals surface area contributed by atoms with E-state index in [-0.39, 0.29) is 17.8 Å². The van der Waals surface area contributed by atoms with Gasteiger partial charge in [-0.25, -0.2) is 4.39 Å². The molecule has 1 heterocycles. The highest BCUT2D eigenvalue weighted by atomic mass is 19.4. The van der Waals surface area contributed by atoms with Crippen LogP contribution in [0.25, 0.3) is 0 Å². The third-order valence-corrected chi connectivity index (χ3v) is 6.90. The van der Waals surface area contributed by atoms with Crippen molar-refractivity contribution >= 4 is 11.5 Å². The molecular weight excluding hydrogens is 484 g/mol. The Hall–Kier alpha value is -3.23. The summed E-state index contributed by atoms with van der Waals surface area (Å²) < 4.78 is 53.1. The van der Waals surface area contributed by atoms with E-state index in [1.54, 1.807) is 0 Å². The van der Waals surface area contributed by atoms with Gasteiger partial charge in [0.1, 0.15) is 5.82 Å². The second-order valence-corrected chi connectivity index (χ2v) is 9.51. The number of nitrogens with zero attached hydrogens (tertiary/aromatic N) is 1. The predicted octanol–water partition coefficient (Wildman–Crippen LogP) is 6.40. The molecule has 3 aromatic rings. The van der Waals surface area contributed by atoms with E-state index < -0.39 is 23.2 Å². The van der Waals surface area contributed by atoms with Crippen molar-refractivity contribution in [3.63, 3.8) is 0 Å². The third-order valence-electron chi connectivity index (χ3n) is 6.90. The van der Waals surface area contributed by atoms with Gasteiger partial charge in [0, 0.05) is 37.3 Å². The summed E-state index contributed by atoms with van der Waals surface area (Å²) in [7, 11) is 0. The highest BCUT2D eigenvalue weighted by Crippen LogP contribution is 2.36. The number of piperidine rings is 1. The number of halogens is 4. The van der Waals surface area contributed by atoms with Gasteiger partial charge in [-0.1, -0.05) is 42.5 Å². The first-order chi connectivity index (χ1) is 17.6. The number of likely N-dealkylation sites (tertiary alicyclic amines) is 1. The molecule has 3 aromatic carbocycles. The van der Waals surface area contributed by atoms with E-state index in [0.717, 1.165) is 17.7 Å². The monoisotopic (exact) mass is 514 g/mol. The minimum absolute atomic E-state index is 0.0898. The van der Waals surface area contributed by atoms with Crippen molar-refractivity contribution in [1.82, 2.24) is 4.90 Å². The zero-order chi connectivity index (χ0) is 26.5. The molecule has 1 aliphatic heterocycles. The Morgan fingerprint density at radius 3 is 2.41 bits per heavy atom. The Bertz CT molecular complexity index is 1210. The summed E-state index contributed by atoms with van der Waals surface area (Å²) in [4.78, 5) is 15.0. The van der Waals surface area contributed by atoms with E-state index in [1.165, 1.54) is 30.3 Å². The van der Waals surface area contributed by atoms with Crippen LogP contribution in [0.4, 0.5) is 23.2 Å². The van der Waals surface area contributed by atoms with Crippen LogP contribution in [-0.4, -0.2) is 35.4 Å². The lowest BCUT2D eigenvalue weighted by Gasteiger charge is -2.38. The molecule has 1 saturated heterocycles. The maximum absolute atomic E-state index is 13.9. The van der Waals surface area contributed by atoms with Gasteiger partial charge in [0.05, 0.1) is 11.2 Å². The average molecular weight is 515 g/mol. The Labute approximate surface area is 213 Å². The van der Waals surface area contributed by atoms with Gasteiger partial charge in [-0.15, -0.1) is 0 Å². The first kappa shape index (κ1) is 26.8. The summed E-state index contributed by atoms with van der Waals surface area (Å²) in [5.41, 5.74) is 0.121. The number of hydrogen-bond acceptors (Lipinski definition) is 4. The van der Waals surface area contributed by atoms with Gasteiger partial charge in [0.25, 0.3) is 0 Å². The van der Waals surface area contributed by atoms with Crippen LogP contribution in [-0.2, 0) is 18.3 Å². The normalized spacial score (nSPS) is 15.9. The van der Waals surface area contributed by atoms with Crippen molar-refractivity contribution in [2.45, 2.75) is 44.0 Å². The van der Waals surface area contributed by atoms with Gasteiger partial charge >= 0.3 is 6.18 Å². The van der Waals surface area contributed by atoms with E-state index in [1.807, 2.05) is 30.3 Å². The fourth-order valence-electron chi connectivity index (χ4n) is 4.72. The fraction of sp³-hybridized carbons (Fsp3) is 0.345. The zero-order valence-corrected chi connectivity index (χ0v) is 20.4. The van der Waals surface area contributed by atoms with E-state index in [0.29, 0.717) is 56.7 Å². The lowest BCUT2D eigenvalue weighted by Crippen LogP contribution is -2.43. The number of nitrogens with one attached hydrogen (secondary N) is 1. The molecule has 0 atom stereocenters. The molecule has 0 aliphatic carbocycles. The van der Waals surface area contributed by atoms with Crippen LogP contribution < -0.4 is 5.32 Å². The Kier molecular flexibility index (Phi) is 8.29. The number of Topliss-reactive ketones (excluding diaryl/α,β-unsaturated/α-hetero) is 1. The molecule has 37 heavy (non-hydrogen) atoms. The summed E-state index contributed by atoms with van der Waals surface area (Å²) >= 11 is 0. The van der Waals surface area contributed by atoms with Crippen molar-refractivity contribution in [3.8, 4) is 0 Å². The van der Waals surface area contributed by atoms with Crippen LogP contribution in [0, 0.1) is 5.82 Å². The predicted molar refractivity (Wildman–Crippen MR) is 135 cm³/mol. The summed E-state index contributed by atoms with van der Waals surface area (Å²) in [6.07, 6.45) is -2.97. The molecule has 4 rings (SSSR count). The molecule has 8 heteroatoms. The zero-order valence-electron chi connectivity index (χ0n) is 20.4. The molecule has 0 aromatic heterocycles. The van der Waals surface area contributed by atoms with E-state index in [9.17, 15) is 27.5 Å². The molecule has 0 amide bonds. The highest BCUT2D eigenvalue weighted by Gasteiger charge is 2.37. The maximum atomic E-state index is 13.9. The van der Waals surface area contributed by atoms with E-state index in [2.05, 4.69) is 10.2 Å². The standard InChI is InChI=1S/C29H30F4N2O2/c30-24-11-12-25(26(19-24)34-20-21-6-2-1-3-7-21)27(36)10-5-15-35-16-13-28(37,14-17-35)22-8-4-9-23(18-22)29(31,32)33/h1-4,6-9,11-12,18-19,34,37H,5,10,13-17,20H2. The second kappa shape index (κ2) is 11.4. The second-order valence-electron chi connectivity index (χ2n) is 9.51. The lowest BCUT2D eigenvalue weighted by atomic mass is 9.83. The van der Waals surface area contributed by atoms with E-state index >= 15 is 0 Å². The van der Waals surface area contributed by atoms with Crippen molar-refractivity contribution in [2.75, 3.05) is 25.0 Å². The molecule has 0 bridgehead atoms. The van der Waals surface area contributed by atoms with Gasteiger partial charge in [0.15, 0.2) is 5.78 Å². The van der Waals surface area contributed by atoms with Crippen LogP contribution in [0.1, 0.15) is 52.7 Å². The molecule has 2 N–H and O–H groups in total. The number of carbonyl (C=O) groups excluding carboxylic acids is 1. The molecule has 4 nitrogen and oxygen atoms in total. The fourth-order valence-corrected chi connectivity index (χ4v) is 4.72. The van der Waals surface area contributed by atoms with Crippen molar-refractivity contribution in [1.29, 1.82) is 0 Å². The minimum atomic E-state index is -4.46. The number of carbonyl (C=O) groups is 1. The maximum Gasteiger partial charge on any atom is 0.416 e. The lowest BCUT2D eigenvalue weighted by molar-refractivity contribution is -0.137. The number of alkyl halides is 3. The van der Waals surface area contributed by atoms with Gasteiger partial charge in [-0.2, -0.15) is 13.2 Å². The third kappa shape index (κ3) is 6.96. The Morgan fingerprint density at radius 2 is 1.70 bits per heavy atom. The molecule has 0 unspecified atom stereocenters. The average Bonchev–Trinajstić information content (AvgIpc) is 2.89. The van der Waals surface area contributed by atoms with E-state index in [4.69, 9.17) is 0 Å². The van der Waals surface area contributed by atoms with Crippen molar-refractivity contribution < 1.29 is 27.5 Å². The number of benzene rings is 3. The smallest absolute Gasteiger partial charge is 0.385 e. The van der Waals surface area contributed by atoms with Crippen LogP contribution in [0.15, 0.2) is 72.8 Å². The number of aliphatic hydroxyl groups is 1. The summed E-state index contributed by atoms with van der Waals surface area (Å²) in [5, 5.41) is 14.2. The molecule has 1 fully saturated rings. The topological polar surface area (TPSA) is 52.6 Å². The molecule has 0 radical (unpaired) electrons. The molecule has 1 aliphatic rings. The van der Waals surface area contributed by atoms with Gasteiger partial charge in [-0.05, 0) is 67.3 Å². The quantitative estimate of drug-likeness (QED) is 0.256. The van der Waals surface area contributed by atoms with Crippen LogP contribution >= 0.6 is 0 Å². The van der Waals surface area contributed by atoms with Crippen molar-refractivity contribution in [2.24, 2.45) is 0 Å². The van der Waals surface area contributed by atoms with Crippen LogP contribution in [0.5, 0.6) is 0 Å². The SMILES string of the molecule is O=C(CCCN1CCC(O)(c2cccc(C(F)(F)F)c2)CC1)c1ccc(F)cc1NCc1ccccc1. The number of rotatable bonds is 9. The first-order valence-corrected chi connectivity index (χ1v) is 12.4. The van der Waals surface area contributed by atoms with Gasteiger partial charge in [0.2, 0.25) is 0 Å². The Morgan fingerprint density at radius 1 is 0.973 bits per heavy atom. The Balaban J connectivity index is 1.29. The number of hydrogen-bond donors (Lipinski definition) is 2. The highest BCUT2D eigenvalue weighted by molar-refractivity contribution is 6.01. The molecule has 196 valence electrons. The summed E-state index contributed by atoms with van der Waals surface area (Å²) in [6.45, 7) is 2.12. The molecule has 0 saturated carbocycles. The summed E-state index contributed by atoms with van der Waals surface area (Å²) in [6, 6.07) is 18.6. The molecule has 0 spiro atoms. The molecular formula is C29H30F4N2O2. The van der Waals surface area contributed by atoms with Crippen molar-refractivity contribution in [3.05, 3.63) is 101 Å². The van der Waals surface area contributed by atoms with Gasteiger partial charge < -0.3 is 15.3 Å².